The van der Waals surface area contributed by atoms with Crippen LogP contribution in [0, 0.1) is 5.82 Å². The van der Waals surface area contributed by atoms with Crippen LogP contribution in [-0.4, -0.2) is 27.6 Å². The third-order valence-corrected chi connectivity index (χ3v) is 5.06. The summed E-state index contributed by atoms with van der Waals surface area (Å²) in [5.74, 6) is -0.932. The fraction of sp³-hybridized carbons (Fsp3) is 0.261. The van der Waals surface area contributed by atoms with Gasteiger partial charge in [-0.25, -0.2) is 9.07 Å². The molecule has 2 aromatic carbocycles. The minimum Gasteiger partial charge on any atom is -0.350 e. The van der Waals surface area contributed by atoms with Gasteiger partial charge in [-0.15, -0.1) is 0 Å². The van der Waals surface area contributed by atoms with Gasteiger partial charge in [0.25, 0.3) is 11.8 Å². The molecular weight excluding hydrogens is 383 g/mol. The molecule has 0 unspecified atom stereocenters. The van der Waals surface area contributed by atoms with Crippen LogP contribution in [0.2, 0.25) is 0 Å². The molecule has 1 aromatic heterocycles. The van der Waals surface area contributed by atoms with Crippen LogP contribution >= 0.6 is 0 Å². The van der Waals surface area contributed by atoms with E-state index in [1.165, 1.54) is 12.1 Å². The molecule has 30 heavy (non-hydrogen) atoms. The summed E-state index contributed by atoms with van der Waals surface area (Å²) in [4.78, 5) is 25.6. The molecule has 1 aliphatic rings. The Morgan fingerprint density at radius 1 is 1.03 bits per heavy atom. The van der Waals surface area contributed by atoms with Gasteiger partial charge in [0.05, 0.1) is 16.9 Å². The summed E-state index contributed by atoms with van der Waals surface area (Å²) in [6, 6.07) is 12.9. The highest BCUT2D eigenvalue weighted by Gasteiger charge is 2.27. The van der Waals surface area contributed by atoms with E-state index in [1.54, 1.807) is 41.1 Å². The van der Waals surface area contributed by atoms with Crippen LogP contribution in [-0.2, 0) is 12.8 Å². The lowest BCUT2D eigenvalue weighted by Crippen LogP contribution is -2.31. The van der Waals surface area contributed by atoms with Crippen molar-refractivity contribution in [2.75, 3.05) is 5.32 Å². The second kappa shape index (κ2) is 8.10. The fourth-order valence-corrected chi connectivity index (χ4v) is 3.73. The lowest BCUT2D eigenvalue weighted by molar-refractivity contribution is 0.0944. The zero-order valence-electron chi connectivity index (χ0n) is 16.9. The molecule has 3 aromatic rings. The van der Waals surface area contributed by atoms with Gasteiger partial charge in [0.15, 0.2) is 5.69 Å². The van der Waals surface area contributed by atoms with Crippen LogP contribution < -0.4 is 10.6 Å². The summed E-state index contributed by atoms with van der Waals surface area (Å²) in [7, 11) is 0. The maximum atomic E-state index is 13.3. The molecule has 154 valence electrons. The van der Waals surface area contributed by atoms with Crippen molar-refractivity contribution in [2.24, 2.45) is 0 Å². The normalized spacial score (nSPS) is 12.7. The first-order valence-corrected chi connectivity index (χ1v) is 10.0. The number of aromatic nitrogens is 2. The van der Waals surface area contributed by atoms with E-state index in [1.807, 2.05) is 13.8 Å². The minimum atomic E-state index is -0.362. The van der Waals surface area contributed by atoms with Gasteiger partial charge < -0.3 is 10.6 Å². The average Bonchev–Trinajstić information content (AvgIpc) is 3.31. The number of para-hydroxylation sites is 1. The van der Waals surface area contributed by atoms with Gasteiger partial charge in [0, 0.05) is 17.3 Å². The number of rotatable bonds is 5. The molecule has 7 heteroatoms. The Kier molecular flexibility index (Phi) is 5.35. The second-order valence-corrected chi connectivity index (χ2v) is 7.64. The number of hydrogen-bond donors (Lipinski definition) is 2. The van der Waals surface area contributed by atoms with Gasteiger partial charge in [-0.3, -0.25) is 9.59 Å². The maximum Gasteiger partial charge on any atom is 0.276 e. The molecule has 6 nitrogen and oxygen atoms in total. The first-order valence-electron chi connectivity index (χ1n) is 10.0. The Labute approximate surface area is 174 Å². The van der Waals surface area contributed by atoms with E-state index in [0.29, 0.717) is 22.6 Å². The van der Waals surface area contributed by atoms with Crippen molar-refractivity contribution in [1.29, 1.82) is 0 Å². The third-order valence-electron chi connectivity index (χ3n) is 5.06. The van der Waals surface area contributed by atoms with Gasteiger partial charge in [-0.2, -0.15) is 5.10 Å². The molecule has 0 spiro atoms. The van der Waals surface area contributed by atoms with Crippen LogP contribution in [0.5, 0.6) is 0 Å². The molecule has 0 fully saturated rings. The Bertz CT molecular complexity index is 1100. The number of carbonyl (C=O) groups is 2. The largest absolute Gasteiger partial charge is 0.350 e. The van der Waals surface area contributed by atoms with E-state index in [-0.39, 0.29) is 23.7 Å². The van der Waals surface area contributed by atoms with E-state index >= 15 is 0 Å². The molecule has 0 atom stereocenters. The van der Waals surface area contributed by atoms with E-state index in [4.69, 9.17) is 0 Å². The average molecular weight is 406 g/mol. The third kappa shape index (κ3) is 3.83. The number of hydrogen-bond acceptors (Lipinski definition) is 3. The van der Waals surface area contributed by atoms with E-state index < -0.39 is 0 Å². The number of anilines is 1. The summed E-state index contributed by atoms with van der Waals surface area (Å²) in [6.45, 7) is 3.76. The van der Waals surface area contributed by atoms with Crippen molar-refractivity contribution < 1.29 is 14.0 Å². The Morgan fingerprint density at radius 3 is 2.50 bits per heavy atom. The van der Waals surface area contributed by atoms with Crippen LogP contribution in [0.1, 0.15) is 52.4 Å². The highest BCUT2D eigenvalue weighted by Crippen LogP contribution is 2.29. The lowest BCUT2D eigenvalue weighted by atomic mass is 10.1. The lowest BCUT2D eigenvalue weighted by Gasteiger charge is -2.13. The van der Waals surface area contributed by atoms with Crippen LogP contribution in [0.15, 0.2) is 48.5 Å². The van der Waals surface area contributed by atoms with Crippen molar-refractivity contribution in [3.8, 4) is 5.69 Å². The van der Waals surface area contributed by atoms with Crippen LogP contribution in [0.3, 0.4) is 0 Å². The Hall–Kier alpha value is -3.48. The highest BCUT2D eigenvalue weighted by molar-refractivity contribution is 6.09. The number of nitrogens with one attached hydrogen (secondary N) is 2. The first kappa shape index (κ1) is 19.8. The molecular formula is C23H23FN4O2. The Balaban J connectivity index is 1.65. The fourth-order valence-electron chi connectivity index (χ4n) is 3.73. The van der Waals surface area contributed by atoms with Crippen molar-refractivity contribution in [3.63, 3.8) is 0 Å². The summed E-state index contributed by atoms with van der Waals surface area (Å²) in [6.07, 6.45) is 2.50. The Morgan fingerprint density at radius 2 is 1.77 bits per heavy atom. The minimum absolute atomic E-state index is 0.0177. The molecule has 1 aliphatic carbocycles. The standard InChI is InChI=1S/C23H23FN4O2/c1-14(2)25-22(29)17-6-3-4-8-19(17)26-23(30)21-18-7-5-9-20(18)28(27-21)16-12-10-15(24)11-13-16/h3-4,6,8,10-14H,5,7,9H2,1-2H3,(H,25,29)(H,26,30). The number of carbonyl (C=O) groups excluding carboxylic acids is 2. The smallest absolute Gasteiger partial charge is 0.276 e. The monoisotopic (exact) mass is 406 g/mol. The highest BCUT2D eigenvalue weighted by atomic mass is 19.1. The van der Waals surface area contributed by atoms with Crippen molar-refractivity contribution >= 4 is 17.5 Å². The van der Waals surface area contributed by atoms with Gasteiger partial charge in [-0.05, 0) is 69.5 Å². The maximum absolute atomic E-state index is 13.3. The first-order chi connectivity index (χ1) is 14.4. The van der Waals surface area contributed by atoms with E-state index in [0.717, 1.165) is 30.5 Å². The summed E-state index contributed by atoms with van der Waals surface area (Å²) in [5.41, 5.74) is 3.76. The number of benzene rings is 2. The summed E-state index contributed by atoms with van der Waals surface area (Å²) >= 11 is 0. The van der Waals surface area contributed by atoms with Gasteiger partial charge in [-0.1, -0.05) is 12.1 Å². The molecule has 2 N–H and O–H groups in total. The number of fused-ring (bicyclic) bond motifs is 1. The predicted octanol–water partition coefficient (Wildman–Crippen LogP) is 3.89. The molecule has 0 radical (unpaired) electrons. The van der Waals surface area contributed by atoms with Crippen molar-refractivity contribution in [1.82, 2.24) is 15.1 Å². The number of amides is 2. The molecule has 1 heterocycles. The van der Waals surface area contributed by atoms with Gasteiger partial charge in [0.2, 0.25) is 0 Å². The molecule has 0 saturated heterocycles. The van der Waals surface area contributed by atoms with Crippen molar-refractivity contribution in [3.05, 3.63) is 76.9 Å². The van der Waals surface area contributed by atoms with Crippen LogP contribution in [0.4, 0.5) is 10.1 Å². The van der Waals surface area contributed by atoms with Gasteiger partial charge >= 0.3 is 0 Å². The predicted molar refractivity (Wildman–Crippen MR) is 113 cm³/mol. The number of nitrogens with zero attached hydrogens (tertiary/aromatic N) is 2. The van der Waals surface area contributed by atoms with Crippen LogP contribution in [0.25, 0.3) is 5.69 Å². The zero-order chi connectivity index (χ0) is 21.3. The summed E-state index contributed by atoms with van der Waals surface area (Å²) in [5, 5.41) is 10.2. The topological polar surface area (TPSA) is 76.0 Å². The second-order valence-electron chi connectivity index (χ2n) is 7.64. The SMILES string of the molecule is CC(C)NC(=O)c1ccccc1NC(=O)c1nn(-c2ccc(F)cc2)c2c1CCC2. The quantitative estimate of drug-likeness (QED) is 0.675. The molecule has 0 saturated carbocycles. The zero-order valence-corrected chi connectivity index (χ0v) is 16.9. The van der Waals surface area contributed by atoms with Gasteiger partial charge in [0.1, 0.15) is 5.82 Å². The molecule has 4 rings (SSSR count). The van der Waals surface area contributed by atoms with Crippen molar-refractivity contribution in [2.45, 2.75) is 39.2 Å². The number of halogens is 1. The molecule has 0 aliphatic heterocycles. The van der Waals surface area contributed by atoms with E-state index in [9.17, 15) is 14.0 Å². The molecule has 0 bridgehead atoms. The molecule has 2 amide bonds. The summed E-state index contributed by atoms with van der Waals surface area (Å²) < 4.78 is 15.0. The van der Waals surface area contributed by atoms with E-state index in [2.05, 4.69) is 15.7 Å².